The number of hydrogen-bond acceptors (Lipinski definition) is 3. The van der Waals surface area contributed by atoms with Crippen LogP contribution in [0.5, 0.6) is 0 Å². The summed E-state index contributed by atoms with van der Waals surface area (Å²) >= 11 is 0. The predicted molar refractivity (Wildman–Crippen MR) is 103 cm³/mol. The third kappa shape index (κ3) is 6.99. The summed E-state index contributed by atoms with van der Waals surface area (Å²) in [7, 11) is 0. The highest BCUT2D eigenvalue weighted by atomic mass is 16.5. The molecule has 3 heteroatoms. The maximum atomic E-state index is 10.4. The number of rotatable bonds is 10. The Labute approximate surface area is 152 Å². The molecular weight excluding hydrogens is 310 g/mol. The Kier molecular flexibility index (Phi) is 8.13. The Morgan fingerprint density at radius 2 is 1.68 bits per heavy atom. The molecule has 2 rings (SSSR count). The number of aliphatic hydroxyl groups is 1. The monoisotopic (exact) mass is 341 g/mol. The van der Waals surface area contributed by atoms with Crippen molar-refractivity contribution in [3.8, 4) is 0 Å². The van der Waals surface area contributed by atoms with Crippen molar-refractivity contribution in [2.75, 3.05) is 13.2 Å². The van der Waals surface area contributed by atoms with Crippen LogP contribution in [0.1, 0.15) is 37.0 Å². The molecule has 3 nitrogen and oxygen atoms in total. The van der Waals surface area contributed by atoms with Gasteiger partial charge in [0.2, 0.25) is 0 Å². The second-order valence-corrected chi connectivity index (χ2v) is 6.83. The second-order valence-electron chi connectivity index (χ2n) is 6.83. The number of hydrogen-bond donors (Lipinski definition) is 1. The van der Waals surface area contributed by atoms with Crippen molar-refractivity contribution < 1.29 is 9.84 Å². The Hall–Kier alpha value is -1.68. The van der Waals surface area contributed by atoms with Gasteiger partial charge in [-0.1, -0.05) is 67.1 Å². The minimum Gasteiger partial charge on any atom is -0.389 e. The van der Waals surface area contributed by atoms with Crippen molar-refractivity contribution in [3.05, 3.63) is 71.3 Å². The third-order valence-electron chi connectivity index (χ3n) is 4.59. The Morgan fingerprint density at radius 3 is 2.32 bits per heavy atom. The van der Waals surface area contributed by atoms with Crippen LogP contribution in [0.3, 0.4) is 0 Å². The Bertz CT molecular complexity index is 597. The number of aryl methyl sites for hydroxylation is 1. The van der Waals surface area contributed by atoms with E-state index in [4.69, 9.17) is 4.74 Å². The molecule has 0 aliphatic carbocycles. The van der Waals surface area contributed by atoms with Crippen LogP contribution in [0.2, 0.25) is 0 Å². The van der Waals surface area contributed by atoms with E-state index in [9.17, 15) is 5.11 Å². The van der Waals surface area contributed by atoms with Gasteiger partial charge < -0.3 is 9.84 Å². The second kappa shape index (κ2) is 10.3. The van der Waals surface area contributed by atoms with Crippen molar-refractivity contribution in [1.29, 1.82) is 0 Å². The summed E-state index contributed by atoms with van der Waals surface area (Å²) in [6.07, 6.45) is 0.576. The van der Waals surface area contributed by atoms with Gasteiger partial charge in [-0.3, -0.25) is 4.90 Å². The van der Waals surface area contributed by atoms with Gasteiger partial charge in [0.1, 0.15) is 0 Å². The number of benzene rings is 2. The van der Waals surface area contributed by atoms with Gasteiger partial charge in [-0.05, 0) is 31.4 Å². The lowest BCUT2D eigenvalue weighted by molar-refractivity contribution is 0.00145. The van der Waals surface area contributed by atoms with Crippen LogP contribution in [0.4, 0.5) is 0 Å². The van der Waals surface area contributed by atoms with Gasteiger partial charge in [-0.15, -0.1) is 0 Å². The molecule has 0 aliphatic heterocycles. The van der Waals surface area contributed by atoms with E-state index in [1.807, 2.05) is 30.3 Å². The average molecular weight is 341 g/mol. The van der Waals surface area contributed by atoms with E-state index >= 15 is 0 Å². The van der Waals surface area contributed by atoms with E-state index in [0.29, 0.717) is 25.8 Å². The van der Waals surface area contributed by atoms with Gasteiger partial charge in [0, 0.05) is 19.1 Å². The largest absolute Gasteiger partial charge is 0.389 e. The summed E-state index contributed by atoms with van der Waals surface area (Å²) in [6, 6.07) is 19.1. The number of nitrogens with zero attached hydrogens (tertiary/aromatic N) is 1. The van der Waals surface area contributed by atoms with E-state index in [1.54, 1.807) is 0 Å². The molecule has 2 aromatic carbocycles. The molecule has 0 aromatic heterocycles. The highest BCUT2D eigenvalue weighted by molar-refractivity contribution is 5.21. The third-order valence-corrected chi connectivity index (χ3v) is 4.59. The molecule has 0 heterocycles. The summed E-state index contributed by atoms with van der Waals surface area (Å²) in [4.78, 5) is 2.33. The normalized spacial score (nSPS) is 13.8. The SMILES string of the molecule is CC[C@H](C)N(Cc1ccc(C)cc1)C[C@@H](O)COCc1ccccc1. The Morgan fingerprint density at radius 1 is 1.00 bits per heavy atom. The quantitative estimate of drug-likeness (QED) is 0.704. The summed E-state index contributed by atoms with van der Waals surface area (Å²) in [5, 5.41) is 10.4. The van der Waals surface area contributed by atoms with Crippen LogP contribution < -0.4 is 0 Å². The fourth-order valence-corrected chi connectivity index (χ4v) is 2.80. The first-order valence-corrected chi connectivity index (χ1v) is 9.17. The van der Waals surface area contributed by atoms with Crippen LogP contribution in [-0.2, 0) is 17.9 Å². The standard InChI is InChI=1S/C22H31NO2/c1-4-19(3)23(14-20-12-10-18(2)11-13-20)15-22(24)17-25-16-21-8-6-5-7-9-21/h5-13,19,22,24H,4,14-17H2,1-3H3/t19-,22+/m0/s1. The van der Waals surface area contributed by atoms with Crippen LogP contribution in [0.25, 0.3) is 0 Å². The lowest BCUT2D eigenvalue weighted by Crippen LogP contribution is -2.39. The highest BCUT2D eigenvalue weighted by Crippen LogP contribution is 2.13. The average Bonchev–Trinajstić information content (AvgIpc) is 2.63. The zero-order valence-corrected chi connectivity index (χ0v) is 15.7. The number of aliphatic hydroxyl groups excluding tert-OH is 1. The fourth-order valence-electron chi connectivity index (χ4n) is 2.80. The smallest absolute Gasteiger partial charge is 0.0900 e. The first kappa shape index (κ1) is 19.6. The molecule has 0 radical (unpaired) electrons. The van der Waals surface area contributed by atoms with Gasteiger partial charge in [0.15, 0.2) is 0 Å². The van der Waals surface area contributed by atoms with E-state index in [-0.39, 0.29) is 0 Å². The molecule has 0 bridgehead atoms. The van der Waals surface area contributed by atoms with Crippen LogP contribution >= 0.6 is 0 Å². The molecular formula is C22H31NO2. The van der Waals surface area contributed by atoms with Crippen molar-refractivity contribution in [1.82, 2.24) is 4.90 Å². The molecule has 1 N–H and O–H groups in total. The molecule has 0 aliphatic rings. The first-order valence-electron chi connectivity index (χ1n) is 9.17. The number of ether oxygens (including phenoxy) is 1. The van der Waals surface area contributed by atoms with E-state index < -0.39 is 6.10 Å². The minimum atomic E-state index is -0.483. The van der Waals surface area contributed by atoms with Crippen molar-refractivity contribution in [2.45, 2.75) is 52.5 Å². The summed E-state index contributed by atoms with van der Waals surface area (Å²) in [5.74, 6) is 0. The van der Waals surface area contributed by atoms with Gasteiger partial charge >= 0.3 is 0 Å². The van der Waals surface area contributed by atoms with E-state index in [2.05, 4.69) is 49.9 Å². The Balaban J connectivity index is 1.84. The maximum Gasteiger partial charge on any atom is 0.0900 e. The van der Waals surface area contributed by atoms with Crippen molar-refractivity contribution in [3.63, 3.8) is 0 Å². The van der Waals surface area contributed by atoms with Crippen LogP contribution in [0.15, 0.2) is 54.6 Å². The topological polar surface area (TPSA) is 32.7 Å². The molecule has 0 spiro atoms. The lowest BCUT2D eigenvalue weighted by Gasteiger charge is -2.30. The lowest BCUT2D eigenvalue weighted by atomic mass is 10.1. The van der Waals surface area contributed by atoms with Crippen LogP contribution in [0, 0.1) is 6.92 Å². The summed E-state index contributed by atoms with van der Waals surface area (Å²) in [6.45, 7) is 8.87. The molecule has 2 atom stereocenters. The molecule has 0 amide bonds. The van der Waals surface area contributed by atoms with Gasteiger partial charge in [-0.25, -0.2) is 0 Å². The van der Waals surface area contributed by atoms with Crippen molar-refractivity contribution >= 4 is 0 Å². The molecule has 0 saturated heterocycles. The molecule has 0 unspecified atom stereocenters. The summed E-state index contributed by atoms with van der Waals surface area (Å²) < 4.78 is 5.69. The molecule has 0 fully saturated rings. The zero-order chi connectivity index (χ0) is 18.1. The fraction of sp³-hybridized carbons (Fsp3) is 0.455. The van der Waals surface area contributed by atoms with Gasteiger partial charge in [-0.2, -0.15) is 0 Å². The first-order chi connectivity index (χ1) is 12.1. The zero-order valence-electron chi connectivity index (χ0n) is 15.7. The molecule has 25 heavy (non-hydrogen) atoms. The van der Waals surface area contributed by atoms with Gasteiger partial charge in [0.05, 0.1) is 19.3 Å². The van der Waals surface area contributed by atoms with E-state index in [1.165, 1.54) is 11.1 Å². The molecule has 136 valence electrons. The molecule has 2 aromatic rings. The highest BCUT2D eigenvalue weighted by Gasteiger charge is 2.17. The summed E-state index contributed by atoms with van der Waals surface area (Å²) in [5.41, 5.74) is 3.68. The minimum absolute atomic E-state index is 0.357. The predicted octanol–water partition coefficient (Wildman–Crippen LogP) is 4.17. The van der Waals surface area contributed by atoms with Crippen molar-refractivity contribution in [2.24, 2.45) is 0 Å². The van der Waals surface area contributed by atoms with Crippen LogP contribution in [-0.4, -0.2) is 35.3 Å². The van der Waals surface area contributed by atoms with Gasteiger partial charge in [0.25, 0.3) is 0 Å². The molecule has 0 saturated carbocycles. The van der Waals surface area contributed by atoms with E-state index in [0.717, 1.165) is 18.5 Å². The maximum absolute atomic E-state index is 10.4.